The normalized spacial score (nSPS) is 11.7. The lowest BCUT2D eigenvalue weighted by Gasteiger charge is -2.16. The van der Waals surface area contributed by atoms with Crippen molar-refractivity contribution in [3.05, 3.63) is 120 Å². The average Bonchev–Trinajstić information content (AvgIpc) is 3.60. The minimum absolute atomic E-state index is 0.775. The summed E-state index contributed by atoms with van der Waals surface area (Å²) in [5.74, 6) is 0.775. The molecule has 2 heterocycles. The summed E-state index contributed by atoms with van der Waals surface area (Å²) >= 11 is 0. The number of nitrogens with zero attached hydrogens (tertiary/aromatic N) is 5. The van der Waals surface area contributed by atoms with Crippen molar-refractivity contribution in [2.75, 3.05) is 5.01 Å². The molecule has 0 N–H and O–H groups in total. The number of aromatic nitrogens is 3. The smallest absolute Gasteiger partial charge is 0.176 e. The molecule has 0 spiro atoms. The molecule has 5 nitrogen and oxygen atoms in total. The van der Waals surface area contributed by atoms with E-state index in [0.29, 0.717) is 0 Å². The van der Waals surface area contributed by atoms with Gasteiger partial charge in [-0.05, 0) is 61.4 Å². The fraction of sp³-hybridized carbons (Fsp3) is 0.282. The van der Waals surface area contributed by atoms with Crippen LogP contribution in [0.1, 0.15) is 69.5 Å². The summed E-state index contributed by atoms with van der Waals surface area (Å²) in [4.78, 5) is 0. The number of unbranched alkanes of at least 4 members (excludes halogenated alkanes) is 7. The number of fused-ring (bicyclic) bond motifs is 3. The minimum atomic E-state index is 0.775. The van der Waals surface area contributed by atoms with Gasteiger partial charge in [-0.3, -0.25) is 0 Å². The number of benzene rings is 4. The first-order valence-electron chi connectivity index (χ1n) is 16.2. The predicted octanol–water partition coefficient (Wildman–Crippen LogP) is 10.6. The van der Waals surface area contributed by atoms with Gasteiger partial charge in [-0.1, -0.05) is 113 Å². The van der Waals surface area contributed by atoms with Gasteiger partial charge in [0.25, 0.3) is 0 Å². The van der Waals surface area contributed by atoms with Crippen molar-refractivity contribution in [2.45, 2.75) is 71.8 Å². The van der Waals surface area contributed by atoms with E-state index in [1.165, 1.54) is 73.2 Å². The molecular weight excluding hydrogens is 538 g/mol. The molecular formula is C39H43N5. The van der Waals surface area contributed by atoms with Crippen LogP contribution in [0.15, 0.2) is 114 Å². The van der Waals surface area contributed by atoms with Crippen molar-refractivity contribution in [3.63, 3.8) is 0 Å². The monoisotopic (exact) mass is 581 g/mol. The van der Waals surface area contributed by atoms with Crippen molar-refractivity contribution >= 4 is 39.5 Å². The number of para-hydroxylation sites is 3. The Hall–Kier alpha value is -4.64. The lowest BCUT2D eigenvalue weighted by Crippen LogP contribution is -2.10. The van der Waals surface area contributed by atoms with Crippen molar-refractivity contribution in [1.29, 1.82) is 0 Å². The Labute approximate surface area is 261 Å². The van der Waals surface area contributed by atoms with E-state index in [9.17, 15) is 0 Å². The van der Waals surface area contributed by atoms with Gasteiger partial charge in [-0.2, -0.15) is 5.10 Å². The van der Waals surface area contributed by atoms with E-state index < -0.39 is 0 Å². The standard InChI is InChI=1S/C39H43N5/c1-3-4-5-6-7-8-9-18-27-42-37-24-17-16-23-35(37)36-29-32(25-26-38(36)42)30-40-44(34-21-14-11-15-22-34)39-28-31(2)43(41-39)33-19-12-10-13-20-33/h10-17,19-26,28-30H,3-9,18,27H2,1-2H3. The van der Waals surface area contributed by atoms with Gasteiger partial charge in [0.15, 0.2) is 5.82 Å². The average molecular weight is 582 g/mol. The van der Waals surface area contributed by atoms with Crippen LogP contribution in [0.3, 0.4) is 0 Å². The van der Waals surface area contributed by atoms with Crippen molar-refractivity contribution in [2.24, 2.45) is 5.10 Å². The van der Waals surface area contributed by atoms with Crippen LogP contribution in [0.5, 0.6) is 0 Å². The van der Waals surface area contributed by atoms with Crippen LogP contribution >= 0.6 is 0 Å². The second-order valence-corrected chi connectivity index (χ2v) is 11.7. The van der Waals surface area contributed by atoms with Crippen LogP contribution in [-0.2, 0) is 6.54 Å². The highest BCUT2D eigenvalue weighted by Crippen LogP contribution is 2.31. The third kappa shape index (κ3) is 6.62. The molecule has 0 aliphatic carbocycles. The SMILES string of the molecule is CCCCCCCCCCn1c2ccccc2c2cc(C=NN(c3ccccc3)c3cc(C)n(-c4ccccc4)n3)ccc21. The number of hydrogen-bond donors (Lipinski definition) is 0. The van der Waals surface area contributed by atoms with E-state index in [1.54, 1.807) is 0 Å². The summed E-state index contributed by atoms with van der Waals surface area (Å²) in [6.45, 7) is 5.41. The molecule has 0 unspecified atom stereocenters. The molecule has 0 aliphatic rings. The minimum Gasteiger partial charge on any atom is -0.340 e. The summed E-state index contributed by atoms with van der Waals surface area (Å²) in [7, 11) is 0. The number of hydrogen-bond acceptors (Lipinski definition) is 3. The summed E-state index contributed by atoms with van der Waals surface area (Å²) in [6.07, 6.45) is 12.6. The van der Waals surface area contributed by atoms with Crippen LogP contribution in [0.4, 0.5) is 11.5 Å². The number of hydrazone groups is 1. The van der Waals surface area contributed by atoms with Crippen LogP contribution in [0.2, 0.25) is 0 Å². The second kappa shape index (κ2) is 14.2. The second-order valence-electron chi connectivity index (χ2n) is 11.7. The third-order valence-corrected chi connectivity index (χ3v) is 8.45. The van der Waals surface area contributed by atoms with E-state index in [4.69, 9.17) is 10.2 Å². The Morgan fingerprint density at radius 2 is 1.34 bits per heavy atom. The quantitative estimate of drug-likeness (QED) is 0.0729. The Balaban J connectivity index is 1.26. The summed E-state index contributed by atoms with van der Waals surface area (Å²) < 4.78 is 4.48. The zero-order valence-corrected chi connectivity index (χ0v) is 26.1. The maximum Gasteiger partial charge on any atom is 0.176 e. The van der Waals surface area contributed by atoms with Crippen LogP contribution in [0, 0.1) is 6.92 Å². The highest BCUT2D eigenvalue weighted by atomic mass is 15.5. The molecule has 0 amide bonds. The summed E-state index contributed by atoms with van der Waals surface area (Å²) in [5.41, 5.74) is 6.71. The first kappa shape index (κ1) is 29.4. The highest BCUT2D eigenvalue weighted by Gasteiger charge is 2.15. The number of rotatable bonds is 14. The van der Waals surface area contributed by atoms with Gasteiger partial charge < -0.3 is 4.57 Å². The van der Waals surface area contributed by atoms with Crippen LogP contribution < -0.4 is 5.01 Å². The molecule has 0 saturated carbocycles. The molecule has 44 heavy (non-hydrogen) atoms. The van der Waals surface area contributed by atoms with Crippen molar-refractivity contribution in [3.8, 4) is 5.69 Å². The third-order valence-electron chi connectivity index (χ3n) is 8.45. The molecule has 224 valence electrons. The molecule has 0 radical (unpaired) electrons. The molecule has 6 aromatic rings. The van der Waals surface area contributed by atoms with Gasteiger partial charge >= 0.3 is 0 Å². The van der Waals surface area contributed by atoms with Crippen molar-refractivity contribution in [1.82, 2.24) is 14.3 Å². The first-order chi connectivity index (χ1) is 21.7. The summed E-state index contributed by atoms with van der Waals surface area (Å²) in [5, 5.41) is 14.4. The molecule has 5 heteroatoms. The first-order valence-corrected chi connectivity index (χ1v) is 16.2. The topological polar surface area (TPSA) is 38.4 Å². The zero-order valence-electron chi connectivity index (χ0n) is 26.1. The van der Waals surface area contributed by atoms with E-state index in [1.807, 2.05) is 52.3 Å². The van der Waals surface area contributed by atoms with Gasteiger partial charge in [0.05, 0.1) is 17.6 Å². The Morgan fingerprint density at radius 1 is 0.682 bits per heavy atom. The van der Waals surface area contributed by atoms with Crippen LogP contribution in [-0.4, -0.2) is 20.6 Å². The van der Waals surface area contributed by atoms with E-state index in [2.05, 4.69) is 91.2 Å². The van der Waals surface area contributed by atoms with Gasteiger partial charge in [-0.25, -0.2) is 9.69 Å². The largest absolute Gasteiger partial charge is 0.340 e. The molecule has 0 saturated heterocycles. The molecule has 0 bridgehead atoms. The maximum atomic E-state index is 5.00. The molecule has 4 aromatic carbocycles. The highest BCUT2D eigenvalue weighted by molar-refractivity contribution is 6.09. The van der Waals surface area contributed by atoms with E-state index in [-0.39, 0.29) is 0 Å². The Morgan fingerprint density at radius 3 is 2.11 bits per heavy atom. The lowest BCUT2D eigenvalue weighted by atomic mass is 10.1. The van der Waals surface area contributed by atoms with Gasteiger partial charge in [0, 0.05) is 40.1 Å². The van der Waals surface area contributed by atoms with Gasteiger partial charge in [-0.15, -0.1) is 5.10 Å². The fourth-order valence-electron chi connectivity index (χ4n) is 6.14. The molecule has 2 aromatic heterocycles. The Bertz CT molecular complexity index is 1810. The number of aryl methyl sites for hydroxylation is 2. The predicted molar refractivity (Wildman–Crippen MR) is 187 cm³/mol. The molecule has 6 rings (SSSR count). The maximum absolute atomic E-state index is 5.00. The Kier molecular flexibility index (Phi) is 9.51. The van der Waals surface area contributed by atoms with E-state index in [0.717, 1.165) is 35.0 Å². The van der Waals surface area contributed by atoms with E-state index >= 15 is 0 Å². The number of anilines is 2. The van der Waals surface area contributed by atoms with Gasteiger partial charge in [0.1, 0.15) is 0 Å². The molecule has 0 aliphatic heterocycles. The zero-order chi connectivity index (χ0) is 30.1. The van der Waals surface area contributed by atoms with Crippen molar-refractivity contribution < 1.29 is 0 Å². The lowest BCUT2D eigenvalue weighted by molar-refractivity contribution is 0.553. The molecule has 0 atom stereocenters. The summed E-state index contributed by atoms with van der Waals surface area (Å²) in [6, 6.07) is 38.1. The van der Waals surface area contributed by atoms with Crippen LogP contribution in [0.25, 0.3) is 27.5 Å². The van der Waals surface area contributed by atoms with Gasteiger partial charge in [0.2, 0.25) is 0 Å². The molecule has 0 fully saturated rings. The fourth-order valence-corrected chi connectivity index (χ4v) is 6.14.